The van der Waals surface area contributed by atoms with E-state index in [1.807, 2.05) is 29.1 Å². The Hall–Kier alpha value is -1.85. The van der Waals surface area contributed by atoms with Crippen LogP contribution in [0.25, 0.3) is 0 Å². The van der Waals surface area contributed by atoms with Gasteiger partial charge < -0.3 is 10.6 Å². The molecule has 26 heavy (non-hydrogen) atoms. The fraction of sp³-hybridized carbons (Fsp3) is 0.500. The van der Waals surface area contributed by atoms with Gasteiger partial charge in [0.25, 0.3) is 5.91 Å². The van der Waals surface area contributed by atoms with Crippen molar-refractivity contribution in [2.24, 2.45) is 0 Å². The lowest BCUT2D eigenvalue weighted by Gasteiger charge is -2.27. The molecule has 0 spiro atoms. The van der Waals surface area contributed by atoms with E-state index < -0.39 is 0 Å². The number of aromatic nitrogens is 2. The van der Waals surface area contributed by atoms with Crippen molar-refractivity contribution in [1.29, 1.82) is 0 Å². The highest BCUT2D eigenvalue weighted by molar-refractivity contribution is 5.92. The van der Waals surface area contributed by atoms with Crippen molar-refractivity contribution < 1.29 is 4.79 Å². The molecule has 2 N–H and O–H groups in total. The zero-order chi connectivity index (χ0) is 17.9. The monoisotopic (exact) mass is 376 g/mol. The van der Waals surface area contributed by atoms with Crippen LogP contribution in [0.3, 0.4) is 0 Å². The molecule has 0 saturated carbocycles. The van der Waals surface area contributed by atoms with E-state index in [2.05, 4.69) is 48.6 Å². The number of piperidine rings is 1. The molecule has 1 atom stereocenters. The Labute approximate surface area is 162 Å². The number of hydrogen-bond acceptors (Lipinski definition) is 3. The largest absolute Gasteiger partial charge is 0.345 e. The first-order chi connectivity index (χ1) is 11.9. The Morgan fingerprint density at radius 2 is 2.12 bits per heavy atom. The smallest absolute Gasteiger partial charge is 0.272 e. The van der Waals surface area contributed by atoms with Gasteiger partial charge >= 0.3 is 0 Å². The number of aryl methyl sites for hydroxylation is 1. The van der Waals surface area contributed by atoms with Gasteiger partial charge in [-0.2, -0.15) is 5.10 Å². The van der Waals surface area contributed by atoms with E-state index in [-0.39, 0.29) is 23.9 Å². The topological polar surface area (TPSA) is 59.0 Å². The summed E-state index contributed by atoms with van der Waals surface area (Å²) in [5.74, 6) is -0.110. The number of halogens is 1. The molecule has 1 amide bonds. The van der Waals surface area contributed by atoms with Gasteiger partial charge in [-0.05, 0) is 63.8 Å². The van der Waals surface area contributed by atoms with Crippen LogP contribution in [0.1, 0.15) is 54.3 Å². The predicted octanol–water partition coefficient (Wildman–Crippen LogP) is 3.29. The van der Waals surface area contributed by atoms with Crippen LogP contribution in [-0.4, -0.2) is 34.3 Å². The summed E-state index contributed by atoms with van der Waals surface area (Å²) < 4.78 is 1.93. The molecule has 6 heteroatoms. The standard InChI is InChI=1S/C20H28N4O.ClH/c1-15-7-4-5-8-16(15)13-20(2,3)22-19(25)18-10-12-24(23-18)17-9-6-11-21-14-17;/h4-5,7-8,10,12,17,21H,6,9,11,13-14H2,1-3H3,(H,22,25);1H. The van der Waals surface area contributed by atoms with Crippen LogP contribution < -0.4 is 10.6 Å². The molecule has 2 aromatic rings. The average Bonchev–Trinajstić information content (AvgIpc) is 3.07. The second-order valence-electron chi connectivity index (χ2n) is 7.62. The lowest BCUT2D eigenvalue weighted by atomic mass is 9.92. The van der Waals surface area contributed by atoms with Gasteiger partial charge in [-0.1, -0.05) is 24.3 Å². The molecular weight excluding hydrogens is 348 g/mol. The molecule has 3 rings (SSSR count). The molecule has 1 unspecified atom stereocenters. The Morgan fingerprint density at radius 3 is 2.81 bits per heavy atom. The van der Waals surface area contributed by atoms with Gasteiger partial charge in [0.15, 0.2) is 0 Å². The first-order valence-electron chi connectivity index (χ1n) is 9.07. The summed E-state index contributed by atoms with van der Waals surface area (Å²) in [5.41, 5.74) is 2.66. The molecule has 0 aliphatic carbocycles. The Morgan fingerprint density at radius 1 is 1.35 bits per heavy atom. The number of nitrogens with one attached hydrogen (secondary N) is 2. The molecule has 1 aromatic heterocycles. The summed E-state index contributed by atoms with van der Waals surface area (Å²) in [5, 5.41) is 11.0. The lowest BCUT2D eigenvalue weighted by Crippen LogP contribution is -2.45. The maximum atomic E-state index is 12.6. The number of amides is 1. The minimum atomic E-state index is -0.334. The van der Waals surface area contributed by atoms with Gasteiger partial charge in [0.2, 0.25) is 0 Å². The normalized spacial score (nSPS) is 17.4. The van der Waals surface area contributed by atoms with Crippen LogP contribution in [0.5, 0.6) is 0 Å². The predicted molar refractivity (Wildman–Crippen MR) is 107 cm³/mol. The van der Waals surface area contributed by atoms with Gasteiger partial charge in [-0.25, -0.2) is 0 Å². The molecular formula is C20H29ClN4O. The van der Waals surface area contributed by atoms with E-state index in [1.54, 1.807) is 0 Å². The molecule has 1 saturated heterocycles. The number of nitrogens with zero attached hydrogens (tertiary/aromatic N) is 2. The number of carbonyl (C=O) groups excluding carboxylic acids is 1. The first kappa shape index (κ1) is 20.5. The zero-order valence-electron chi connectivity index (χ0n) is 15.8. The highest BCUT2D eigenvalue weighted by Gasteiger charge is 2.24. The molecule has 1 aliphatic rings. The molecule has 1 aromatic carbocycles. The van der Waals surface area contributed by atoms with Crippen molar-refractivity contribution >= 4 is 18.3 Å². The number of carbonyl (C=O) groups is 1. The maximum absolute atomic E-state index is 12.6. The maximum Gasteiger partial charge on any atom is 0.272 e. The third kappa shape index (κ3) is 5.08. The third-order valence-electron chi connectivity index (χ3n) is 4.83. The van der Waals surface area contributed by atoms with Gasteiger partial charge in [0.1, 0.15) is 5.69 Å². The van der Waals surface area contributed by atoms with Crippen LogP contribution in [0.4, 0.5) is 0 Å². The average molecular weight is 377 g/mol. The summed E-state index contributed by atoms with van der Waals surface area (Å²) in [7, 11) is 0. The lowest BCUT2D eigenvalue weighted by molar-refractivity contribution is 0.0906. The Bertz CT molecular complexity index is 735. The summed E-state index contributed by atoms with van der Waals surface area (Å²) in [6.07, 6.45) is 4.96. The minimum Gasteiger partial charge on any atom is -0.345 e. The van der Waals surface area contributed by atoms with Crippen LogP contribution in [0.15, 0.2) is 36.5 Å². The fourth-order valence-corrected chi connectivity index (χ4v) is 3.42. The van der Waals surface area contributed by atoms with E-state index in [4.69, 9.17) is 0 Å². The second-order valence-corrected chi connectivity index (χ2v) is 7.62. The highest BCUT2D eigenvalue weighted by Crippen LogP contribution is 2.18. The van der Waals surface area contributed by atoms with Crippen molar-refractivity contribution in [2.45, 2.75) is 51.6 Å². The van der Waals surface area contributed by atoms with Crippen molar-refractivity contribution in [1.82, 2.24) is 20.4 Å². The molecule has 142 valence electrons. The van der Waals surface area contributed by atoms with Crippen molar-refractivity contribution in [3.8, 4) is 0 Å². The van der Waals surface area contributed by atoms with Crippen molar-refractivity contribution in [3.63, 3.8) is 0 Å². The van der Waals surface area contributed by atoms with Crippen LogP contribution in [-0.2, 0) is 6.42 Å². The quantitative estimate of drug-likeness (QED) is 0.841. The molecule has 5 nitrogen and oxygen atoms in total. The number of hydrogen-bond donors (Lipinski definition) is 2. The molecule has 0 radical (unpaired) electrons. The number of benzene rings is 1. The van der Waals surface area contributed by atoms with E-state index in [1.165, 1.54) is 11.1 Å². The summed E-state index contributed by atoms with van der Waals surface area (Å²) >= 11 is 0. The fourth-order valence-electron chi connectivity index (χ4n) is 3.42. The van der Waals surface area contributed by atoms with Gasteiger partial charge in [-0.3, -0.25) is 9.48 Å². The van der Waals surface area contributed by atoms with Crippen molar-refractivity contribution in [2.75, 3.05) is 13.1 Å². The van der Waals surface area contributed by atoms with E-state index >= 15 is 0 Å². The van der Waals surface area contributed by atoms with Gasteiger partial charge in [-0.15, -0.1) is 12.4 Å². The first-order valence-corrected chi connectivity index (χ1v) is 9.07. The van der Waals surface area contributed by atoms with Crippen LogP contribution in [0.2, 0.25) is 0 Å². The van der Waals surface area contributed by atoms with E-state index in [9.17, 15) is 4.79 Å². The minimum absolute atomic E-state index is 0. The van der Waals surface area contributed by atoms with Gasteiger partial charge in [0, 0.05) is 18.3 Å². The van der Waals surface area contributed by atoms with Crippen LogP contribution >= 0.6 is 12.4 Å². The molecule has 1 aliphatic heterocycles. The zero-order valence-corrected chi connectivity index (χ0v) is 16.6. The Kier molecular flexibility index (Phi) is 6.84. The summed E-state index contributed by atoms with van der Waals surface area (Å²) in [4.78, 5) is 12.6. The summed E-state index contributed by atoms with van der Waals surface area (Å²) in [6.45, 7) is 8.20. The molecule has 1 fully saturated rings. The number of rotatable bonds is 5. The second kappa shape index (κ2) is 8.69. The molecule has 2 heterocycles. The highest BCUT2D eigenvalue weighted by atomic mass is 35.5. The Balaban J connectivity index is 0.00000243. The third-order valence-corrected chi connectivity index (χ3v) is 4.83. The summed E-state index contributed by atoms with van der Waals surface area (Å²) in [6, 6.07) is 10.5. The van der Waals surface area contributed by atoms with Gasteiger partial charge in [0.05, 0.1) is 6.04 Å². The van der Waals surface area contributed by atoms with E-state index in [0.29, 0.717) is 11.7 Å². The molecule has 0 bridgehead atoms. The van der Waals surface area contributed by atoms with E-state index in [0.717, 1.165) is 32.4 Å². The SMILES string of the molecule is Cc1ccccc1CC(C)(C)NC(=O)c1ccn(C2CCCNC2)n1.Cl. The van der Waals surface area contributed by atoms with Crippen molar-refractivity contribution in [3.05, 3.63) is 53.3 Å². The van der Waals surface area contributed by atoms with Crippen LogP contribution in [0, 0.1) is 6.92 Å².